The second-order valence-corrected chi connectivity index (χ2v) is 6.33. The van der Waals surface area contributed by atoms with Gasteiger partial charge < -0.3 is 15.8 Å². The zero-order chi connectivity index (χ0) is 14.4. The monoisotopic (exact) mass is 282 g/mol. The molecule has 1 saturated carbocycles. The van der Waals surface area contributed by atoms with Gasteiger partial charge in [0.15, 0.2) is 0 Å². The molecule has 0 radical (unpaired) electrons. The first-order chi connectivity index (χ1) is 9.74. The van der Waals surface area contributed by atoms with Crippen LogP contribution < -0.4 is 11.1 Å². The highest BCUT2D eigenvalue weighted by Crippen LogP contribution is 2.36. The lowest BCUT2D eigenvalue weighted by Crippen LogP contribution is -2.72. The molecule has 1 amide bonds. The molecule has 2 rings (SSSR count). The van der Waals surface area contributed by atoms with E-state index in [-0.39, 0.29) is 24.1 Å². The van der Waals surface area contributed by atoms with E-state index in [4.69, 9.17) is 10.5 Å². The van der Waals surface area contributed by atoms with Crippen LogP contribution in [0.3, 0.4) is 0 Å². The average Bonchev–Trinajstić information content (AvgIpc) is 2.48. The van der Waals surface area contributed by atoms with Crippen molar-refractivity contribution in [1.82, 2.24) is 5.32 Å². The summed E-state index contributed by atoms with van der Waals surface area (Å²) in [4.78, 5) is 11.9. The van der Waals surface area contributed by atoms with E-state index < -0.39 is 0 Å². The van der Waals surface area contributed by atoms with Crippen molar-refractivity contribution in [3.05, 3.63) is 0 Å². The van der Waals surface area contributed by atoms with Crippen LogP contribution in [-0.2, 0) is 9.53 Å². The molecule has 0 aromatic rings. The number of amides is 1. The number of carbonyl (C=O) groups is 1. The molecule has 0 spiro atoms. The Morgan fingerprint density at radius 2 is 2.00 bits per heavy atom. The van der Waals surface area contributed by atoms with Crippen molar-refractivity contribution in [2.45, 2.75) is 82.9 Å². The molecule has 4 nitrogen and oxygen atoms in total. The molecule has 4 atom stereocenters. The summed E-state index contributed by atoms with van der Waals surface area (Å²) in [7, 11) is 0. The van der Waals surface area contributed by atoms with Gasteiger partial charge in [0.25, 0.3) is 0 Å². The summed E-state index contributed by atoms with van der Waals surface area (Å²) >= 11 is 0. The molecule has 1 heterocycles. The number of nitrogens with one attached hydrogen (secondary N) is 1. The van der Waals surface area contributed by atoms with Gasteiger partial charge in [-0.15, -0.1) is 0 Å². The van der Waals surface area contributed by atoms with Crippen molar-refractivity contribution in [2.24, 2.45) is 11.7 Å². The summed E-state index contributed by atoms with van der Waals surface area (Å²) in [5.74, 6) is 0.608. The largest absolute Gasteiger partial charge is 0.376 e. The third kappa shape index (κ3) is 3.95. The summed E-state index contributed by atoms with van der Waals surface area (Å²) in [5.41, 5.74) is 6.14. The standard InChI is InChI=1S/C16H30N2O2/c1-2-3-4-5-6-7-10-13(19)18-15-14(17)12-9-8-11-20-16(12)15/h12,14-16H,2-11,17H2,1H3,(H,18,19). The predicted molar refractivity (Wildman–Crippen MR) is 80.4 cm³/mol. The minimum atomic E-state index is 0.0490. The van der Waals surface area contributed by atoms with Crippen LogP contribution in [0.1, 0.15) is 64.7 Å². The summed E-state index contributed by atoms with van der Waals surface area (Å²) in [6.07, 6.45) is 10.3. The van der Waals surface area contributed by atoms with E-state index in [2.05, 4.69) is 12.2 Å². The maximum atomic E-state index is 11.9. The number of unbranched alkanes of at least 4 members (excludes halogenated alkanes) is 5. The molecule has 0 aromatic heterocycles. The van der Waals surface area contributed by atoms with E-state index in [1.165, 1.54) is 25.7 Å². The molecule has 4 unspecified atom stereocenters. The number of hydrogen-bond donors (Lipinski definition) is 2. The van der Waals surface area contributed by atoms with E-state index >= 15 is 0 Å². The topological polar surface area (TPSA) is 64.4 Å². The van der Waals surface area contributed by atoms with Crippen LogP contribution in [0, 0.1) is 5.92 Å². The lowest BCUT2D eigenvalue weighted by molar-refractivity contribution is -0.139. The number of fused-ring (bicyclic) bond motifs is 1. The number of rotatable bonds is 8. The Labute approximate surface area is 122 Å². The normalized spacial score (nSPS) is 32.3. The Balaban J connectivity index is 1.58. The van der Waals surface area contributed by atoms with Gasteiger partial charge in [0.05, 0.1) is 12.1 Å². The van der Waals surface area contributed by atoms with Crippen molar-refractivity contribution >= 4 is 5.91 Å². The van der Waals surface area contributed by atoms with E-state index in [0.717, 1.165) is 32.3 Å². The minimum Gasteiger partial charge on any atom is -0.376 e. The van der Waals surface area contributed by atoms with Crippen molar-refractivity contribution in [3.8, 4) is 0 Å². The highest BCUT2D eigenvalue weighted by Gasteiger charge is 2.50. The quantitative estimate of drug-likeness (QED) is 0.672. The van der Waals surface area contributed by atoms with Crippen LogP contribution in [0.4, 0.5) is 0 Å². The molecule has 2 fully saturated rings. The van der Waals surface area contributed by atoms with E-state index in [1.807, 2.05) is 0 Å². The van der Waals surface area contributed by atoms with Crippen LogP contribution >= 0.6 is 0 Å². The van der Waals surface area contributed by atoms with Gasteiger partial charge in [0.1, 0.15) is 0 Å². The number of carbonyl (C=O) groups excluding carboxylic acids is 1. The Morgan fingerprint density at radius 1 is 1.25 bits per heavy atom. The fourth-order valence-corrected chi connectivity index (χ4v) is 3.45. The van der Waals surface area contributed by atoms with Gasteiger partial charge in [0.2, 0.25) is 5.91 Å². The lowest BCUT2D eigenvalue weighted by atomic mass is 9.68. The molecule has 4 heteroatoms. The van der Waals surface area contributed by atoms with Crippen LogP contribution in [0.25, 0.3) is 0 Å². The molecule has 0 bridgehead atoms. The molecule has 1 saturated heterocycles. The molecular weight excluding hydrogens is 252 g/mol. The van der Waals surface area contributed by atoms with Gasteiger partial charge in [-0.2, -0.15) is 0 Å². The first-order valence-corrected chi connectivity index (χ1v) is 8.40. The fraction of sp³-hybridized carbons (Fsp3) is 0.938. The van der Waals surface area contributed by atoms with Crippen molar-refractivity contribution < 1.29 is 9.53 Å². The fourth-order valence-electron chi connectivity index (χ4n) is 3.45. The zero-order valence-electron chi connectivity index (χ0n) is 12.8. The SMILES string of the molecule is CCCCCCCCC(=O)NC1C(N)C2CCCOC21. The number of nitrogens with two attached hydrogens (primary N) is 1. The van der Waals surface area contributed by atoms with Gasteiger partial charge in [0, 0.05) is 25.0 Å². The maximum absolute atomic E-state index is 11.9. The summed E-state index contributed by atoms with van der Waals surface area (Å²) in [5, 5.41) is 3.08. The molecule has 1 aliphatic heterocycles. The summed E-state index contributed by atoms with van der Waals surface area (Å²) < 4.78 is 5.74. The third-order valence-corrected chi connectivity index (χ3v) is 4.76. The van der Waals surface area contributed by atoms with Gasteiger partial charge in [-0.3, -0.25) is 4.79 Å². The van der Waals surface area contributed by atoms with E-state index in [0.29, 0.717) is 12.3 Å². The average molecular weight is 282 g/mol. The zero-order valence-corrected chi connectivity index (χ0v) is 12.8. The van der Waals surface area contributed by atoms with Gasteiger partial charge in [-0.1, -0.05) is 39.0 Å². The Bertz CT molecular complexity index is 309. The lowest BCUT2D eigenvalue weighted by Gasteiger charge is -2.52. The van der Waals surface area contributed by atoms with Gasteiger partial charge in [-0.25, -0.2) is 0 Å². The minimum absolute atomic E-state index is 0.0490. The van der Waals surface area contributed by atoms with E-state index in [9.17, 15) is 4.79 Å². The molecule has 116 valence electrons. The van der Waals surface area contributed by atoms with Crippen LogP contribution in [0.15, 0.2) is 0 Å². The first-order valence-electron chi connectivity index (χ1n) is 8.40. The summed E-state index contributed by atoms with van der Waals surface area (Å²) in [6.45, 7) is 3.04. The third-order valence-electron chi connectivity index (χ3n) is 4.76. The highest BCUT2D eigenvalue weighted by atomic mass is 16.5. The molecule has 2 aliphatic rings. The second-order valence-electron chi connectivity index (χ2n) is 6.33. The maximum Gasteiger partial charge on any atom is 0.220 e. The van der Waals surface area contributed by atoms with Crippen LogP contribution in [0.5, 0.6) is 0 Å². The van der Waals surface area contributed by atoms with Gasteiger partial charge in [-0.05, 0) is 19.3 Å². The molecular formula is C16H30N2O2. The van der Waals surface area contributed by atoms with Crippen LogP contribution in [0.2, 0.25) is 0 Å². The Hall–Kier alpha value is -0.610. The Kier molecular flexibility index (Phi) is 6.30. The molecule has 0 aromatic carbocycles. The van der Waals surface area contributed by atoms with E-state index in [1.54, 1.807) is 0 Å². The highest BCUT2D eigenvalue weighted by molar-refractivity contribution is 5.76. The van der Waals surface area contributed by atoms with Crippen molar-refractivity contribution in [3.63, 3.8) is 0 Å². The molecule has 3 N–H and O–H groups in total. The number of hydrogen-bond acceptors (Lipinski definition) is 3. The Morgan fingerprint density at radius 3 is 2.80 bits per heavy atom. The van der Waals surface area contributed by atoms with Gasteiger partial charge >= 0.3 is 0 Å². The van der Waals surface area contributed by atoms with Crippen molar-refractivity contribution in [1.29, 1.82) is 0 Å². The molecule has 20 heavy (non-hydrogen) atoms. The van der Waals surface area contributed by atoms with Crippen molar-refractivity contribution in [2.75, 3.05) is 6.61 Å². The van der Waals surface area contributed by atoms with Crippen LogP contribution in [-0.4, -0.2) is 30.7 Å². The second kappa shape index (κ2) is 7.99. The number of ether oxygens (including phenoxy) is 1. The predicted octanol–water partition coefficient (Wildman–Crippen LogP) is 2.36. The first kappa shape index (κ1) is 15.8. The smallest absolute Gasteiger partial charge is 0.220 e. The molecule has 1 aliphatic carbocycles. The summed E-state index contributed by atoms with van der Waals surface area (Å²) in [6, 6.07) is 0.140.